The quantitative estimate of drug-likeness (QED) is 0.603. The van der Waals surface area contributed by atoms with Gasteiger partial charge in [-0.2, -0.15) is 0 Å². The lowest BCUT2D eigenvalue weighted by molar-refractivity contribution is 0.101. The molecule has 27 heavy (non-hydrogen) atoms. The van der Waals surface area contributed by atoms with Crippen LogP contribution in [0.2, 0.25) is 5.02 Å². The number of Topliss-reactive ketones (excluding diaryl/α,β-unsaturated/α-hetero) is 1. The maximum atomic E-state index is 12.5. The predicted molar refractivity (Wildman–Crippen MR) is 107 cm³/mol. The third-order valence-corrected chi connectivity index (χ3v) is 4.34. The first-order chi connectivity index (χ1) is 13.0. The number of hydrogen-bond donors (Lipinski definition) is 2. The smallest absolute Gasteiger partial charge is 0.257 e. The van der Waals surface area contributed by atoms with Crippen LogP contribution in [0.1, 0.15) is 33.2 Å². The number of benzene rings is 2. The van der Waals surface area contributed by atoms with Crippen LogP contribution in [-0.4, -0.2) is 16.7 Å². The lowest BCUT2D eigenvalue weighted by Crippen LogP contribution is -2.13. The van der Waals surface area contributed by atoms with Crippen LogP contribution < -0.4 is 10.6 Å². The number of carbonyl (C=O) groups is 2. The molecular weight excluding hydrogens is 362 g/mol. The van der Waals surface area contributed by atoms with Crippen LogP contribution in [0.15, 0.2) is 67.0 Å². The van der Waals surface area contributed by atoms with E-state index in [4.69, 9.17) is 11.6 Å². The Labute approximate surface area is 162 Å². The fraction of sp³-hybridized carbons (Fsp3) is 0.0952. The second-order valence-electron chi connectivity index (χ2n) is 6.00. The number of nitrogens with zero attached hydrogens (tertiary/aromatic N) is 1. The average Bonchev–Trinajstić information content (AvgIpc) is 2.68. The van der Waals surface area contributed by atoms with Crippen molar-refractivity contribution in [2.45, 2.75) is 13.5 Å². The number of ketones is 1. The minimum atomic E-state index is -0.301. The molecule has 6 heteroatoms. The van der Waals surface area contributed by atoms with E-state index >= 15 is 0 Å². The third-order valence-electron chi connectivity index (χ3n) is 3.97. The zero-order chi connectivity index (χ0) is 19.2. The molecule has 1 amide bonds. The molecule has 3 aromatic rings. The summed E-state index contributed by atoms with van der Waals surface area (Å²) in [6.07, 6.45) is 3.13. The Balaban J connectivity index is 1.69. The molecule has 2 N–H and O–H groups in total. The van der Waals surface area contributed by atoms with Gasteiger partial charge in [-0.15, -0.1) is 0 Å². The SMILES string of the molecule is CC(=O)c1cccc(NC(=O)c2cncc(NCc3ccccc3Cl)c2)c1. The lowest BCUT2D eigenvalue weighted by Gasteiger charge is -2.10. The van der Waals surface area contributed by atoms with E-state index in [9.17, 15) is 9.59 Å². The van der Waals surface area contributed by atoms with Gasteiger partial charge in [0.1, 0.15) is 0 Å². The van der Waals surface area contributed by atoms with E-state index < -0.39 is 0 Å². The summed E-state index contributed by atoms with van der Waals surface area (Å²) in [5, 5.41) is 6.67. The highest BCUT2D eigenvalue weighted by Crippen LogP contribution is 2.18. The van der Waals surface area contributed by atoms with Crippen molar-refractivity contribution in [2.75, 3.05) is 10.6 Å². The molecule has 1 heterocycles. The molecule has 0 fully saturated rings. The van der Waals surface area contributed by atoms with Gasteiger partial charge in [-0.25, -0.2) is 0 Å². The highest BCUT2D eigenvalue weighted by atomic mass is 35.5. The summed E-state index contributed by atoms with van der Waals surface area (Å²) in [4.78, 5) is 28.1. The fourth-order valence-corrected chi connectivity index (χ4v) is 2.72. The summed E-state index contributed by atoms with van der Waals surface area (Å²) in [5.41, 5.74) is 3.17. The minimum Gasteiger partial charge on any atom is -0.380 e. The van der Waals surface area contributed by atoms with E-state index in [0.717, 1.165) is 5.56 Å². The van der Waals surface area contributed by atoms with Crippen molar-refractivity contribution in [3.63, 3.8) is 0 Å². The number of halogens is 1. The molecule has 0 saturated carbocycles. The largest absolute Gasteiger partial charge is 0.380 e. The predicted octanol–water partition coefficient (Wildman–Crippen LogP) is 4.80. The second kappa shape index (κ2) is 8.47. The standard InChI is InChI=1S/C21H18ClN3O2/c1-14(26)15-6-4-7-18(9-15)25-21(27)17-10-19(13-23-11-17)24-12-16-5-2-3-8-20(16)22/h2-11,13,24H,12H2,1H3,(H,25,27). The maximum absolute atomic E-state index is 12.5. The van der Waals surface area contributed by atoms with Crippen molar-refractivity contribution < 1.29 is 9.59 Å². The Kier molecular flexibility index (Phi) is 5.84. The Morgan fingerprint density at radius 2 is 1.74 bits per heavy atom. The number of hydrogen-bond acceptors (Lipinski definition) is 4. The Morgan fingerprint density at radius 3 is 2.52 bits per heavy atom. The van der Waals surface area contributed by atoms with Gasteiger partial charge in [0, 0.05) is 35.2 Å². The number of nitrogens with one attached hydrogen (secondary N) is 2. The topological polar surface area (TPSA) is 71.1 Å². The summed E-state index contributed by atoms with van der Waals surface area (Å²) in [5.74, 6) is -0.358. The first kappa shape index (κ1) is 18.6. The van der Waals surface area contributed by atoms with Gasteiger partial charge >= 0.3 is 0 Å². The van der Waals surface area contributed by atoms with Crippen molar-refractivity contribution in [3.05, 3.63) is 88.7 Å². The van der Waals surface area contributed by atoms with Crippen LogP contribution in [0.3, 0.4) is 0 Å². The van der Waals surface area contributed by atoms with Crippen molar-refractivity contribution >= 4 is 34.7 Å². The van der Waals surface area contributed by atoms with E-state index in [1.165, 1.54) is 13.1 Å². The van der Waals surface area contributed by atoms with Gasteiger partial charge in [-0.1, -0.05) is 41.9 Å². The van der Waals surface area contributed by atoms with E-state index in [0.29, 0.717) is 34.1 Å². The van der Waals surface area contributed by atoms with E-state index in [-0.39, 0.29) is 11.7 Å². The van der Waals surface area contributed by atoms with Gasteiger partial charge in [0.25, 0.3) is 5.91 Å². The highest BCUT2D eigenvalue weighted by molar-refractivity contribution is 6.31. The first-order valence-corrected chi connectivity index (χ1v) is 8.75. The van der Waals surface area contributed by atoms with Crippen molar-refractivity contribution in [3.8, 4) is 0 Å². The number of rotatable bonds is 6. The zero-order valence-corrected chi connectivity index (χ0v) is 15.5. The molecule has 0 saturated heterocycles. The van der Waals surface area contributed by atoms with Gasteiger partial charge in [-0.3, -0.25) is 14.6 Å². The van der Waals surface area contributed by atoms with Gasteiger partial charge in [0.2, 0.25) is 0 Å². The van der Waals surface area contributed by atoms with Crippen molar-refractivity contribution in [1.29, 1.82) is 0 Å². The van der Waals surface area contributed by atoms with Crippen LogP contribution in [0.5, 0.6) is 0 Å². The van der Waals surface area contributed by atoms with Crippen molar-refractivity contribution in [2.24, 2.45) is 0 Å². The summed E-state index contributed by atoms with van der Waals surface area (Å²) >= 11 is 6.15. The molecule has 0 atom stereocenters. The molecule has 0 aliphatic rings. The van der Waals surface area contributed by atoms with Crippen molar-refractivity contribution in [1.82, 2.24) is 4.98 Å². The van der Waals surface area contributed by atoms with Crippen LogP contribution >= 0.6 is 11.6 Å². The summed E-state index contributed by atoms with van der Waals surface area (Å²) in [7, 11) is 0. The summed E-state index contributed by atoms with van der Waals surface area (Å²) in [6.45, 7) is 2.01. The van der Waals surface area contributed by atoms with Gasteiger partial charge < -0.3 is 10.6 Å². The highest BCUT2D eigenvalue weighted by Gasteiger charge is 2.09. The third kappa shape index (κ3) is 4.92. The van der Waals surface area contributed by atoms with Crippen LogP contribution in [0.4, 0.5) is 11.4 Å². The molecular formula is C21H18ClN3O2. The monoisotopic (exact) mass is 379 g/mol. The number of anilines is 2. The van der Waals surface area contributed by atoms with Crippen LogP contribution in [0, 0.1) is 0 Å². The molecule has 0 aliphatic carbocycles. The van der Waals surface area contributed by atoms with E-state index in [1.807, 2.05) is 24.3 Å². The molecule has 2 aromatic carbocycles. The summed E-state index contributed by atoms with van der Waals surface area (Å²) in [6, 6.07) is 16.1. The van der Waals surface area contributed by atoms with E-state index in [2.05, 4.69) is 15.6 Å². The van der Waals surface area contributed by atoms with Gasteiger partial charge in [0.15, 0.2) is 5.78 Å². The number of amides is 1. The molecule has 0 spiro atoms. The molecule has 0 unspecified atom stereocenters. The maximum Gasteiger partial charge on any atom is 0.257 e. The molecule has 5 nitrogen and oxygen atoms in total. The second-order valence-corrected chi connectivity index (χ2v) is 6.41. The summed E-state index contributed by atoms with van der Waals surface area (Å²) < 4.78 is 0. The minimum absolute atomic E-state index is 0.0569. The van der Waals surface area contributed by atoms with Gasteiger partial charge in [-0.05, 0) is 36.8 Å². The Morgan fingerprint density at radius 1 is 0.963 bits per heavy atom. The molecule has 3 rings (SSSR count). The number of pyridine rings is 1. The molecule has 1 aromatic heterocycles. The lowest BCUT2D eigenvalue weighted by atomic mass is 10.1. The molecule has 136 valence electrons. The molecule has 0 aliphatic heterocycles. The van der Waals surface area contributed by atoms with Gasteiger partial charge in [0.05, 0.1) is 11.3 Å². The van der Waals surface area contributed by atoms with Crippen LogP contribution in [-0.2, 0) is 6.54 Å². The first-order valence-electron chi connectivity index (χ1n) is 8.37. The number of carbonyl (C=O) groups excluding carboxylic acids is 2. The normalized spacial score (nSPS) is 10.3. The average molecular weight is 380 g/mol. The molecule has 0 bridgehead atoms. The zero-order valence-electron chi connectivity index (χ0n) is 14.7. The Bertz CT molecular complexity index is 988. The number of aromatic nitrogens is 1. The fourth-order valence-electron chi connectivity index (χ4n) is 2.52. The Hall–Kier alpha value is -3.18. The molecule has 0 radical (unpaired) electrons. The van der Waals surface area contributed by atoms with E-state index in [1.54, 1.807) is 36.5 Å². The van der Waals surface area contributed by atoms with Crippen LogP contribution in [0.25, 0.3) is 0 Å².